The molecule has 7 heteroatoms. The van der Waals surface area contributed by atoms with Gasteiger partial charge in [-0.2, -0.15) is 0 Å². The molecule has 0 heterocycles. The van der Waals surface area contributed by atoms with E-state index in [0.717, 1.165) is 0 Å². The molecule has 0 aromatic heterocycles. The van der Waals surface area contributed by atoms with Gasteiger partial charge in [0.05, 0.1) is 15.6 Å². The highest BCUT2D eigenvalue weighted by Gasteiger charge is 2.21. The number of ether oxygens (including phenoxy) is 1. The van der Waals surface area contributed by atoms with Crippen molar-refractivity contribution in [1.82, 2.24) is 5.32 Å². The molecule has 1 amide bonds. The molecule has 5 nitrogen and oxygen atoms in total. The van der Waals surface area contributed by atoms with Crippen LogP contribution in [0, 0.1) is 0 Å². The Morgan fingerprint density at radius 3 is 2.04 bits per heavy atom. The van der Waals surface area contributed by atoms with Crippen molar-refractivity contribution in [2.24, 2.45) is 0 Å². The van der Waals surface area contributed by atoms with Crippen molar-refractivity contribution in [3.05, 3.63) is 69.7 Å². The van der Waals surface area contributed by atoms with Gasteiger partial charge in [0.2, 0.25) is 5.78 Å². The van der Waals surface area contributed by atoms with Crippen LogP contribution in [0.1, 0.15) is 27.6 Å². The minimum absolute atomic E-state index is 0.246. The molecule has 0 aliphatic carbocycles. The lowest BCUT2D eigenvalue weighted by molar-refractivity contribution is -0.144. The summed E-state index contributed by atoms with van der Waals surface area (Å²) in [6.07, 6.45) is 0. The minimum atomic E-state index is -0.942. The van der Waals surface area contributed by atoms with Crippen LogP contribution in [0.2, 0.25) is 10.0 Å². The average Bonchev–Trinajstić information content (AvgIpc) is 2.60. The standard InChI is InChI=1S/C18H15Cl2NO4/c1-11(21-17(23)13-7-3-5-9-15(13)20)18(24)25-10-16(22)12-6-2-4-8-14(12)19/h2-9,11H,10H2,1H3,(H,21,23)/t11-/m0/s1. The van der Waals surface area contributed by atoms with Gasteiger partial charge in [-0.15, -0.1) is 0 Å². The van der Waals surface area contributed by atoms with Crippen molar-refractivity contribution in [3.63, 3.8) is 0 Å². The van der Waals surface area contributed by atoms with Crippen molar-refractivity contribution in [1.29, 1.82) is 0 Å². The molecular formula is C18H15Cl2NO4. The van der Waals surface area contributed by atoms with E-state index in [0.29, 0.717) is 0 Å². The molecule has 0 aliphatic rings. The third kappa shape index (κ3) is 5.05. The van der Waals surface area contributed by atoms with E-state index >= 15 is 0 Å². The van der Waals surface area contributed by atoms with E-state index in [2.05, 4.69) is 5.32 Å². The van der Waals surface area contributed by atoms with Crippen LogP contribution in [0.15, 0.2) is 48.5 Å². The Morgan fingerprint density at radius 2 is 1.48 bits per heavy atom. The first kappa shape index (κ1) is 19.0. The lowest BCUT2D eigenvalue weighted by atomic mass is 10.1. The van der Waals surface area contributed by atoms with Crippen LogP contribution in [0.25, 0.3) is 0 Å². The highest BCUT2D eigenvalue weighted by Crippen LogP contribution is 2.16. The Labute approximate surface area is 154 Å². The van der Waals surface area contributed by atoms with Crippen LogP contribution in [-0.4, -0.2) is 30.3 Å². The first-order valence-corrected chi connectivity index (χ1v) is 8.15. The number of nitrogens with one attached hydrogen (secondary N) is 1. The number of hydrogen-bond donors (Lipinski definition) is 1. The number of ketones is 1. The summed E-state index contributed by atoms with van der Waals surface area (Å²) < 4.78 is 4.95. The second-order valence-electron chi connectivity index (χ2n) is 5.19. The van der Waals surface area contributed by atoms with Gasteiger partial charge in [-0.25, -0.2) is 4.79 Å². The predicted octanol–water partition coefficient (Wildman–Crippen LogP) is 3.54. The van der Waals surface area contributed by atoms with Gasteiger partial charge in [-0.05, 0) is 31.2 Å². The molecule has 0 saturated carbocycles. The molecule has 2 aromatic carbocycles. The lowest BCUT2D eigenvalue weighted by Crippen LogP contribution is -2.40. The maximum absolute atomic E-state index is 12.1. The SMILES string of the molecule is C[C@H](NC(=O)c1ccccc1Cl)C(=O)OCC(=O)c1ccccc1Cl. The summed E-state index contributed by atoms with van der Waals surface area (Å²) >= 11 is 11.9. The number of benzene rings is 2. The Hall–Kier alpha value is -2.37. The Morgan fingerprint density at radius 1 is 0.960 bits per heavy atom. The molecule has 25 heavy (non-hydrogen) atoms. The van der Waals surface area contributed by atoms with Crippen LogP contribution in [0.5, 0.6) is 0 Å². The molecule has 1 atom stereocenters. The van der Waals surface area contributed by atoms with Gasteiger partial charge in [0.1, 0.15) is 6.04 Å². The summed E-state index contributed by atoms with van der Waals surface area (Å²) in [7, 11) is 0. The van der Waals surface area contributed by atoms with Crippen molar-refractivity contribution in [2.45, 2.75) is 13.0 Å². The summed E-state index contributed by atoms with van der Waals surface area (Å²) in [6.45, 7) is 0.992. The van der Waals surface area contributed by atoms with Gasteiger partial charge >= 0.3 is 5.97 Å². The third-order valence-electron chi connectivity index (χ3n) is 3.34. The normalized spacial score (nSPS) is 11.5. The Balaban J connectivity index is 1.90. The van der Waals surface area contributed by atoms with Gasteiger partial charge in [0.15, 0.2) is 6.61 Å². The molecule has 130 valence electrons. The van der Waals surface area contributed by atoms with E-state index < -0.39 is 30.3 Å². The zero-order valence-electron chi connectivity index (χ0n) is 13.3. The van der Waals surface area contributed by atoms with Crippen LogP contribution in [0.4, 0.5) is 0 Å². The van der Waals surface area contributed by atoms with Gasteiger partial charge in [-0.1, -0.05) is 47.5 Å². The summed E-state index contributed by atoms with van der Waals surface area (Å²) in [5.74, 6) is -1.67. The summed E-state index contributed by atoms with van der Waals surface area (Å²) in [6, 6.07) is 12.0. The number of carbonyl (C=O) groups is 3. The van der Waals surface area contributed by atoms with Crippen LogP contribution < -0.4 is 5.32 Å². The molecule has 2 rings (SSSR count). The van der Waals surface area contributed by atoms with Crippen LogP contribution in [0.3, 0.4) is 0 Å². The maximum atomic E-state index is 12.1. The Kier molecular flexibility index (Phi) is 6.56. The zero-order chi connectivity index (χ0) is 18.4. The quantitative estimate of drug-likeness (QED) is 0.615. The first-order valence-electron chi connectivity index (χ1n) is 7.40. The predicted molar refractivity (Wildman–Crippen MR) is 95.1 cm³/mol. The fourth-order valence-corrected chi connectivity index (χ4v) is 2.47. The van der Waals surface area contributed by atoms with Gasteiger partial charge in [0, 0.05) is 5.56 Å². The van der Waals surface area contributed by atoms with Gasteiger partial charge < -0.3 is 10.1 Å². The highest BCUT2D eigenvalue weighted by atomic mass is 35.5. The second-order valence-corrected chi connectivity index (χ2v) is 6.00. The Bertz CT molecular complexity index is 807. The van der Waals surface area contributed by atoms with Gasteiger partial charge in [-0.3, -0.25) is 9.59 Å². The average molecular weight is 380 g/mol. The van der Waals surface area contributed by atoms with E-state index in [4.69, 9.17) is 27.9 Å². The molecule has 2 aromatic rings. The number of esters is 1. The fraction of sp³-hybridized carbons (Fsp3) is 0.167. The van der Waals surface area contributed by atoms with Crippen molar-refractivity contribution < 1.29 is 19.1 Å². The van der Waals surface area contributed by atoms with E-state index in [1.54, 1.807) is 42.5 Å². The number of hydrogen-bond acceptors (Lipinski definition) is 4. The zero-order valence-corrected chi connectivity index (χ0v) is 14.8. The molecule has 0 aliphatic heterocycles. The molecule has 0 saturated heterocycles. The molecule has 0 fully saturated rings. The topological polar surface area (TPSA) is 72.5 Å². The van der Waals surface area contributed by atoms with Crippen molar-refractivity contribution >= 4 is 40.9 Å². The molecule has 1 N–H and O–H groups in total. The van der Waals surface area contributed by atoms with E-state index in [1.807, 2.05) is 0 Å². The van der Waals surface area contributed by atoms with E-state index in [9.17, 15) is 14.4 Å². The molecule has 0 spiro atoms. The maximum Gasteiger partial charge on any atom is 0.328 e. The number of rotatable bonds is 6. The first-order chi connectivity index (χ1) is 11.9. The fourth-order valence-electron chi connectivity index (χ4n) is 2.01. The second kappa shape index (κ2) is 8.65. The third-order valence-corrected chi connectivity index (χ3v) is 4.00. The summed E-state index contributed by atoms with van der Waals surface area (Å²) in [4.78, 5) is 36.1. The highest BCUT2D eigenvalue weighted by molar-refractivity contribution is 6.34. The molecule has 0 radical (unpaired) electrons. The smallest absolute Gasteiger partial charge is 0.328 e. The molecule has 0 unspecified atom stereocenters. The van der Waals surface area contributed by atoms with Crippen LogP contribution in [-0.2, 0) is 9.53 Å². The van der Waals surface area contributed by atoms with E-state index in [-0.39, 0.29) is 21.2 Å². The number of amides is 1. The van der Waals surface area contributed by atoms with Crippen molar-refractivity contribution in [3.8, 4) is 0 Å². The monoisotopic (exact) mass is 379 g/mol. The number of carbonyl (C=O) groups excluding carboxylic acids is 3. The minimum Gasteiger partial charge on any atom is -0.456 e. The largest absolute Gasteiger partial charge is 0.456 e. The van der Waals surface area contributed by atoms with Crippen LogP contribution >= 0.6 is 23.2 Å². The van der Waals surface area contributed by atoms with E-state index in [1.165, 1.54) is 13.0 Å². The number of Topliss-reactive ketones (excluding diaryl/α,β-unsaturated/α-hetero) is 1. The lowest BCUT2D eigenvalue weighted by Gasteiger charge is -2.14. The summed E-state index contributed by atoms with van der Waals surface area (Å²) in [5.41, 5.74) is 0.515. The van der Waals surface area contributed by atoms with Gasteiger partial charge in [0.25, 0.3) is 5.91 Å². The number of halogens is 2. The molecular weight excluding hydrogens is 365 g/mol. The molecule has 0 bridgehead atoms. The van der Waals surface area contributed by atoms with Crippen molar-refractivity contribution in [2.75, 3.05) is 6.61 Å². The summed E-state index contributed by atoms with van der Waals surface area (Å²) in [5, 5.41) is 3.03.